The summed E-state index contributed by atoms with van der Waals surface area (Å²) in [7, 11) is -1.34. The Balaban J connectivity index is 0.000000147. The molecule has 0 saturated carbocycles. The van der Waals surface area contributed by atoms with Crippen LogP contribution in [-0.2, 0) is 0 Å². The van der Waals surface area contributed by atoms with Gasteiger partial charge in [-0.25, -0.2) is 0 Å². The fourth-order valence-corrected chi connectivity index (χ4v) is 3.74. The highest BCUT2D eigenvalue weighted by atomic mass is 79.9. The Morgan fingerprint density at radius 3 is 1.62 bits per heavy atom. The second-order valence-corrected chi connectivity index (χ2v) is 7.58. The Hall–Kier alpha value is -1.70. The van der Waals surface area contributed by atoms with Crippen molar-refractivity contribution in [3.63, 3.8) is 0 Å². The van der Waals surface area contributed by atoms with E-state index < -0.39 is 7.12 Å². The summed E-state index contributed by atoms with van der Waals surface area (Å²) in [6.45, 7) is 0. The second-order valence-electron chi connectivity index (χ2n) is 5.10. The van der Waals surface area contributed by atoms with Crippen molar-refractivity contribution in [1.82, 2.24) is 0 Å². The molecule has 0 aliphatic rings. The lowest BCUT2D eigenvalue weighted by Crippen LogP contribution is -2.29. The van der Waals surface area contributed by atoms with Gasteiger partial charge in [-0.1, -0.05) is 60.7 Å². The maximum atomic E-state index is 8.58. The van der Waals surface area contributed by atoms with Crippen molar-refractivity contribution in [1.29, 1.82) is 0 Å². The van der Waals surface area contributed by atoms with Crippen molar-refractivity contribution in [2.75, 3.05) is 0 Å². The average molecular weight is 445 g/mol. The molecule has 0 saturated heterocycles. The van der Waals surface area contributed by atoms with Crippen LogP contribution >= 0.6 is 38.6 Å². The highest BCUT2D eigenvalue weighted by Gasteiger charge is 2.07. The minimum Gasteiger partial charge on any atom is -0.423 e. The Labute approximate surface area is 170 Å². The van der Waals surface area contributed by atoms with Gasteiger partial charge in [0.25, 0.3) is 0 Å². The molecule has 2 aromatic heterocycles. The Kier molecular flexibility index (Phi) is 9.38. The molecular formula is C20H18BBrO2S2. The molecule has 0 amide bonds. The molecule has 0 fully saturated rings. The lowest BCUT2D eigenvalue weighted by atomic mass is 9.81. The summed E-state index contributed by atoms with van der Waals surface area (Å²) in [5.74, 6) is 0. The van der Waals surface area contributed by atoms with Gasteiger partial charge in [-0.3, -0.25) is 0 Å². The van der Waals surface area contributed by atoms with Gasteiger partial charge in [0.1, 0.15) is 0 Å². The van der Waals surface area contributed by atoms with Crippen LogP contribution in [-0.4, -0.2) is 17.2 Å². The van der Waals surface area contributed by atoms with Gasteiger partial charge in [-0.05, 0) is 60.8 Å². The zero-order valence-electron chi connectivity index (χ0n) is 13.9. The monoisotopic (exact) mass is 444 g/mol. The van der Waals surface area contributed by atoms with Gasteiger partial charge < -0.3 is 10.0 Å². The Morgan fingerprint density at radius 1 is 0.654 bits per heavy atom. The van der Waals surface area contributed by atoms with Crippen molar-refractivity contribution >= 4 is 51.2 Å². The van der Waals surface area contributed by atoms with Crippen LogP contribution in [0.1, 0.15) is 0 Å². The number of hydrogen-bond acceptors (Lipinski definition) is 4. The van der Waals surface area contributed by atoms with E-state index in [9.17, 15) is 0 Å². The predicted octanol–water partition coefficient (Wildman–Crippen LogP) is 5.29. The van der Waals surface area contributed by atoms with E-state index in [2.05, 4.69) is 57.0 Å². The number of benzene rings is 2. The number of hydrogen-bond donors (Lipinski definition) is 2. The molecule has 2 N–H and O–H groups in total. The van der Waals surface area contributed by atoms with Crippen molar-refractivity contribution in [2.45, 2.75) is 0 Å². The fourth-order valence-electron chi connectivity index (χ4n) is 1.93. The van der Waals surface area contributed by atoms with E-state index in [-0.39, 0.29) is 0 Å². The van der Waals surface area contributed by atoms with Crippen LogP contribution in [0.15, 0.2) is 98.8 Å². The van der Waals surface area contributed by atoms with E-state index >= 15 is 0 Å². The van der Waals surface area contributed by atoms with Gasteiger partial charge in [0, 0.05) is 9.85 Å². The first-order valence-corrected chi connectivity index (χ1v) is 10.5. The van der Waals surface area contributed by atoms with Crippen molar-refractivity contribution in [3.05, 3.63) is 98.8 Å². The molecule has 132 valence electrons. The predicted molar refractivity (Wildman–Crippen MR) is 118 cm³/mol. The van der Waals surface area contributed by atoms with Gasteiger partial charge in [0.05, 0.1) is 0 Å². The normalized spacial score (nSPS) is 9.35. The first-order chi connectivity index (χ1) is 12.7. The summed E-state index contributed by atoms with van der Waals surface area (Å²) in [5, 5.41) is 25.5. The van der Waals surface area contributed by atoms with Crippen molar-refractivity contribution < 1.29 is 10.0 Å². The molecule has 0 radical (unpaired) electrons. The standard InChI is InChI=1S/C10H8S.C6H7BO2.C4H3BrS/c1-2-4-9(5-3-1)10-6-7-11-8-10;8-7(9)6-4-2-1-3-5-6;5-4-1-2-6-3-4/h1-8H;1-5,8-9H;1-3H. The Bertz CT molecular complexity index is 821. The number of halogens is 1. The average Bonchev–Trinajstić information content (AvgIpc) is 3.38. The van der Waals surface area contributed by atoms with Gasteiger partial charge in [-0.2, -0.15) is 22.7 Å². The zero-order valence-corrected chi connectivity index (χ0v) is 17.1. The molecule has 2 nitrogen and oxygen atoms in total. The molecule has 0 atom stereocenters. The zero-order chi connectivity index (χ0) is 18.6. The minimum absolute atomic E-state index is 0.525. The van der Waals surface area contributed by atoms with Crippen LogP contribution in [0.2, 0.25) is 0 Å². The summed E-state index contributed by atoms with van der Waals surface area (Å²) in [4.78, 5) is 0. The number of thiophene rings is 2. The quantitative estimate of drug-likeness (QED) is 0.412. The molecular weight excluding hydrogens is 427 g/mol. The smallest absolute Gasteiger partial charge is 0.423 e. The molecule has 26 heavy (non-hydrogen) atoms. The maximum Gasteiger partial charge on any atom is 0.488 e. The summed E-state index contributed by atoms with van der Waals surface area (Å²) in [5.41, 5.74) is 3.14. The molecule has 2 aromatic carbocycles. The van der Waals surface area contributed by atoms with Crippen LogP contribution in [0.4, 0.5) is 0 Å². The highest BCUT2D eigenvalue weighted by molar-refractivity contribution is 9.10. The van der Waals surface area contributed by atoms with Crippen LogP contribution in [0, 0.1) is 0 Å². The third-order valence-corrected chi connectivity index (χ3v) is 5.38. The maximum absolute atomic E-state index is 8.58. The first kappa shape index (κ1) is 20.6. The molecule has 6 heteroatoms. The second kappa shape index (κ2) is 11.8. The van der Waals surface area contributed by atoms with Gasteiger partial charge in [0.15, 0.2) is 0 Å². The van der Waals surface area contributed by atoms with E-state index in [1.165, 1.54) is 15.6 Å². The van der Waals surface area contributed by atoms with Crippen molar-refractivity contribution in [2.24, 2.45) is 0 Å². The lowest BCUT2D eigenvalue weighted by molar-refractivity contribution is 0.426. The summed E-state index contributed by atoms with van der Waals surface area (Å²) < 4.78 is 1.17. The minimum atomic E-state index is -1.34. The molecule has 0 aliphatic heterocycles. The van der Waals surface area contributed by atoms with E-state index in [0.29, 0.717) is 5.46 Å². The summed E-state index contributed by atoms with van der Waals surface area (Å²) in [6.07, 6.45) is 0. The highest BCUT2D eigenvalue weighted by Crippen LogP contribution is 2.20. The molecule has 0 aliphatic carbocycles. The van der Waals surface area contributed by atoms with Gasteiger partial charge in [-0.15, -0.1) is 0 Å². The third kappa shape index (κ3) is 7.68. The molecule has 0 bridgehead atoms. The van der Waals surface area contributed by atoms with E-state index in [1.807, 2.05) is 29.0 Å². The van der Waals surface area contributed by atoms with Gasteiger partial charge >= 0.3 is 7.12 Å². The van der Waals surface area contributed by atoms with Crippen LogP contribution < -0.4 is 5.46 Å². The van der Waals surface area contributed by atoms with Crippen LogP contribution in [0.5, 0.6) is 0 Å². The SMILES string of the molecule is Brc1ccsc1.OB(O)c1ccccc1.c1ccc(-c2ccsc2)cc1. The van der Waals surface area contributed by atoms with E-state index in [0.717, 1.165) is 0 Å². The van der Waals surface area contributed by atoms with Crippen LogP contribution in [0.3, 0.4) is 0 Å². The molecule has 4 aromatic rings. The largest absolute Gasteiger partial charge is 0.488 e. The summed E-state index contributed by atoms with van der Waals surface area (Å²) >= 11 is 6.72. The van der Waals surface area contributed by atoms with E-state index in [1.54, 1.807) is 46.9 Å². The molecule has 0 unspecified atom stereocenters. The first-order valence-electron chi connectivity index (χ1n) is 7.83. The molecule has 0 spiro atoms. The topological polar surface area (TPSA) is 40.5 Å². The van der Waals surface area contributed by atoms with Crippen molar-refractivity contribution in [3.8, 4) is 11.1 Å². The number of rotatable bonds is 2. The summed E-state index contributed by atoms with van der Waals surface area (Å²) in [6, 6.07) is 23.2. The fraction of sp³-hybridized carbons (Fsp3) is 0. The van der Waals surface area contributed by atoms with Crippen LogP contribution in [0.25, 0.3) is 11.1 Å². The molecule has 4 rings (SSSR count). The Morgan fingerprint density at radius 2 is 1.23 bits per heavy atom. The third-order valence-electron chi connectivity index (χ3n) is 3.21. The van der Waals surface area contributed by atoms with E-state index in [4.69, 9.17) is 10.0 Å². The lowest BCUT2D eigenvalue weighted by Gasteiger charge is -1.94. The van der Waals surface area contributed by atoms with Gasteiger partial charge in [0.2, 0.25) is 0 Å². The molecule has 2 heterocycles.